The molecule has 1 fully saturated rings. The summed E-state index contributed by atoms with van der Waals surface area (Å²) in [5.74, 6) is 0. The molecule has 3 rings (SSSR count). The van der Waals surface area contributed by atoms with Crippen molar-refractivity contribution in [2.75, 3.05) is 37.7 Å². The van der Waals surface area contributed by atoms with E-state index in [1.165, 1.54) is 11.3 Å². The molecular weight excluding hydrogens is 324 g/mol. The predicted molar refractivity (Wildman–Crippen MR) is 97.6 cm³/mol. The summed E-state index contributed by atoms with van der Waals surface area (Å²) in [4.78, 5) is 2.34. The minimum atomic E-state index is -0.605. The molecule has 1 atom stereocenters. The first-order chi connectivity index (χ1) is 11.7. The van der Waals surface area contributed by atoms with Crippen LogP contribution in [0, 0.1) is 0 Å². The molecule has 24 heavy (non-hydrogen) atoms. The van der Waals surface area contributed by atoms with Crippen LogP contribution in [-0.4, -0.2) is 38.0 Å². The van der Waals surface area contributed by atoms with Gasteiger partial charge in [0.1, 0.15) is 0 Å². The average Bonchev–Trinajstić information content (AvgIpc) is 2.63. The van der Waals surface area contributed by atoms with E-state index in [-0.39, 0.29) is 0 Å². The van der Waals surface area contributed by atoms with Crippen LogP contribution in [0.15, 0.2) is 48.5 Å². The number of rotatable bonds is 6. The lowest BCUT2D eigenvalue weighted by molar-refractivity contribution is 0.122. The van der Waals surface area contributed by atoms with E-state index in [2.05, 4.69) is 34.5 Å². The van der Waals surface area contributed by atoms with E-state index < -0.39 is 6.10 Å². The van der Waals surface area contributed by atoms with Gasteiger partial charge >= 0.3 is 0 Å². The highest BCUT2D eigenvalue weighted by atomic mass is 35.5. The summed E-state index contributed by atoms with van der Waals surface area (Å²) in [5, 5.41) is 14.1. The fourth-order valence-electron chi connectivity index (χ4n) is 2.85. The molecule has 1 aliphatic rings. The summed E-state index contributed by atoms with van der Waals surface area (Å²) in [6.45, 7) is 4.66. The second kappa shape index (κ2) is 8.49. The minimum absolute atomic E-state index is 0.467. The normalized spacial score (nSPS) is 16.2. The SMILES string of the molecule is OC(CNCc1ccc(N2CCOCC2)cc1)c1ccccc1Cl. The zero-order valence-electron chi connectivity index (χ0n) is 13.6. The molecule has 1 aliphatic heterocycles. The molecule has 0 radical (unpaired) electrons. The highest BCUT2D eigenvalue weighted by Crippen LogP contribution is 2.22. The quantitative estimate of drug-likeness (QED) is 0.844. The number of aliphatic hydroxyl groups is 1. The zero-order valence-corrected chi connectivity index (χ0v) is 14.4. The van der Waals surface area contributed by atoms with Gasteiger partial charge in [0, 0.05) is 42.5 Å². The van der Waals surface area contributed by atoms with Crippen molar-refractivity contribution in [3.63, 3.8) is 0 Å². The lowest BCUT2D eigenvalue weighted by Gasteiger charge is -2.28. The van der Waals surface area contributed by atoms with E-state index in [9.17, 15) is 5.11 Å². The largest absolute Gasteiger partial charge is 0.387 e. The number of hydrogen-bond donors (Lipinski definition) is 2. The maximum absolute atomic E-state index is 10.2. The first-order valence-electron chi connectivity index (χ1n) is 8.29. The van der Waals surface area contributed by atoms with Crippen LogP contribution in [0.1, 0.15) is 17.2 Å². The molecule has 0 aliphatic carbocycles. The van der Waals surface area contributed by atoms with Crippen LogP contribution in [0.4, 0.5) is 5.69 Å². The maximum atomic E-state index is 10.2. The van der Waals surface area contributed by atoms with Gasteiger partial charge in [0.2, 0.25) is 0 Å². The molecule has 5 heteroatoms. The Morgan fingerprint density at radius 2 is 1.79 bits per heavy atom. The summed E-state index contributed by atoms with van der Waals surface area (Å²) in [7, 11) is 0. The molecule has 0 amide bonds. The molecule has 0 aromatic heterocycles. The molecule has 1 unspecified atom stereocenters. The second-order valence-corrected chi connectivity index (χ2v) is 6.34. The number of nitrogens with zero attached hydrogens (tertiary/aromatic N) is 1. The molecule has 0 saturated carbocycles. The predicted octanol–water partition coefficient (Wildman–Crippen LogP) is 3.00. The van der Waals surface area contributed by atoms with Gasteiger partial charge in [0.25, 0.3) is 0 Å². The smallest absolute Gasteiger partial charge is 0.0928 e. The molecule has 4 nitrogen and oxygen atoms in total. The molecule has 2 aromatic rings. The van der Waals surface area contributed by atoms with Gasteiger partial charge in [-0.2, -0.15) is 0 Å². The van der Waals surface area contributed by atoms with Crippen molar-refractivity contribution in [3.8, 4) is 0 Å². The van der Waals surface area contributed by atoms with Crippen molar-refractivity contribution >= 4 is 17.3 Å². The van der Waals surface area contributed by atoms with Crippen molar-refractivity contribution in [1.82, 2.24) is 5.32 Å². The number of aliphatic hydroxyl groups excluding tert-OH is 1. The van der Waals surface area contributed by atoms with Gasteiger partial charge in [-0.05, 0) is 23.8 Å². The fraction of sp³-hybridized carbons (Fsp3) is 0.368. The molecule has 1 saturated heterocycles. The van der Waals surface area contributed by atoms with Crippen molar-refractivity contribution < 1.29 is 9.84 Å². The van der Waals surface area contributed by atoms with E-state index in [1.54, 1.807) is 6.07 Å². The van der Waals surface area contributed by atoms with Gasteiger partial charge in [0.15, 0.2) is 0 Å². The Kier molecular flexibility index (Phi) is 6.10. The summed E-state index contributed by atoms with van der Waals surface area (Å²) in [6, 6.07) is 15.9. The molecule has 0 bridgehead atoms. The Morgan fingerprint density at radius 1 is 1.08 bits per heavy atom. The zero-order chi connectivity index (χ0) is 16.8. The lowest BCUT2D eigenvalue weighted by atomic mass is 10.1. The summed E-state index contributed by atoms with van der Waals surface area (Å²) < 4.78 is 5.38. The van der Waals surface area contributed by atoms with E-state index in [1.807, 2.05) is 18.2 Å². The van der Waals surface area contributed by atoms with Crippen LogP contribution in [0.25, 0.3) is 0 Å². The summed E-state index contributed by atoms with van der Waals surface area (Å²) in [6.07, 6.45) is -0.605. The Morgan fingerprint density at radius 3 is 2.50 bits per heavy atom. The standard InChI is InChI=1S/C19H23ClN2O2/c20-18-4-2-1-3-17(18)19(23)14-21-13-15-5-7-16(8-6-15)22-9-11-24-12-10-22/h1-8,19,21,23H,9-14H2. The average molecular weight is 347 g/mol. The van der Waals surface area contributed by atoms with Gasteiger partial charge in [-0.25, -0.2) is 0 Å². The maximum Gasteiger partial charge on any atom is 0.0928 e. The number of ether oxygens (including phenoxy) is 1. The van der Waals surface area contributed by atoms with Gasteiger partial charge in [-0.3, -0.25) is 0 Å². The van der Waals surface area contributed by atoms with Gasteiger partial charge in [-0.15, -0.1) is 0 Å². The Hall–Kier alpha value is -1.59. The van der Waals surface area contributed by atoms with Crippen molar-refractivity contribution in [2.24, 2.45) is 0 Å². The third-order valence-corrected chi connectivity index (χ3v) is 4.59. The van der Waals surface area contributed by atoms with Gasteiger partial charge < -0.3 is 20.1 Å². The van der Waals surface area contributed by atoms with Crippen LogP contribution in [0.3, 0.4) is 0 Å². The van der Waals surface area contributed by atoms with Crippen LogP contribution in [0.5, 0.6) is 0 Å². The van der Waals surface area contributed by atoms with Crippen LogP contribution in [-0.2, 0) is 11.3 Å². The number of halogens is 1. The first kappa shape index (κ1) is 17.2. The molecule has 2 aromatic carbocycles. The third-order valence-electron chi connectivity index (χ3n) is 4.24. The van der Waals surface area contributed by atoms with Gasteiger partial charge in [-0.1, -0.05) is 41.9 Å². The molecule has 128 valence electrons. The molecule has 0 spiro atoms. The number of nitrogens with one attached hydrogen (secondary N) is 1. The highest BCUT2D eigenvalue weighted by Gasteiger charge is 2.12. The van der Waals surface area contributed by atoms with Crippen molar-refractivity contribution in [1.29, 1.82) is 0 Å². The van der Waals surface area contributed by atoms with Crippen LogP contribution in [0.2, 0.25) is 5.02 Å². The monoisotopic (exact) mass is 346 g/mol. The van der Waals surface area contributed by atoms with Gasteiger partial charge in [0.05, 0.1) is 19.3 Å². The van der Waals surface area contributed by atoms with E-state index in [4.69, 9.17) is 16.3 Å². The van der Waals surface area contributed by atoms with Crippen molar-refractivity contribution in [3.05, 3.63) is 64.7 Å². The Balaban J connectivity index is 1.49. The van der Waals surface area contributed by atoms with E-state index >= 15 is 0 Å². The number of morpholine rings is 1. The molecule has 2 N–H and O–H groups in total. The number of hydrogen-bond acceptors (Lipinski definition) is 4. The highest BCUT2D eigenvalue weighted by molar-refractivity contribution is 6.31. The van der Waals surface area contributed by atoms with Crippen LogP contribution >= 0.6 is 11.6 Å². The first-order valence-corrected chi connectivity index (χ1v) is 8.66. The minimum Gasteiger partial charge on any atom is -0.387 e. The number of anilines is 1. The van der Waals surface area contributed by atoms with E-state index in [0.717, 1.165) is 31.9 Å². The Labute approximate surface area is 148 Å². The van der Waals surface area contributed by atoms with E-state index in [0.29, 0.717) is 18.1 Å². The molecular formula is C19H23ClN2O2. The second-order valence-electron chi connectivity index (χ2n) is 5.93. The summed E-state index contributed by atoms with van der Waals surface area (Å²) >= 11 is 6.10. The number of benzene rings is 2. The third kappa shape index (κ3) is 4.48. The van der Waals surface area contributed by atoms with Crippen molar-refractivity contribution in [2.45, 2.75) is 12.6 Å². The lowest BCUT2D eigenvalue weighted by Crippen LogP contribution is -2.36. The molecule has 1 heterocycles. The van der Waals surface area contributed by atoms with Crippen LogP contribution < -0.4 is 10.2 Å². The topological polar surface area (TPSA) is 44.7 Å². The Bertz CT molecular complexity index is 642. The summed E-state index contributed by atoms with van der Waals surface area (Å²) in [5.41, 5.74) is 3.19. The fourth-order valence-corrected chi connectivity index (χ4v) is 3.12.